The first-order valence-corrected chi connectivity index (χ1v) is 7.24. The Morgan fingerprint density at radius 3 is 2.19 bits per heavy atom. The van der Waals surface area contributed by atoms with Crippen LogP contribution in [-0.4, -0.2) is 23.9 Å². The summed E-state index contributed by atoms with van der Waals surface area (Å²) in [5.41, 5.74) is 2.87. The largest absolute Gasteiger partial charge is 0.388 e. The van der Waals surface area contributed by atoms with Gasteiger partial charge in [0.2, 0.25) is 0 Å². The third-order valence-corrected chi connectivity index (χ3v) is 3.50. The van der Waals surface area contributed by atoms with Crippen LogP contribution in [0.3, 0.4) is 0 Å². The second kappa shape index (κ2) is 6.93. The molecule has 0 unspecified atom stereocenters. The first kappa shape index (κ1) is 15.1. The molecule has 2 aromatic carbocycles. The zero-order chi connectivity index (χ0) is 15.2. The Bertz CT molecular complexity index is 576. The minimum Gasteiger partial charge on any atom is -0.388 e. The van der Waals surface area contributed by atoms with E-state index in [0.29, 0.717) is 6.54 Å². The van der Waals surface area contributed by atoms with Gasteiger partial charge in [0.15, 0.2) is 0 Å². The van der Waals surface area contributed by atoms with E-state index >= 15 is 0 Å². The monoisotopic (exact) mass is 282 g/mol. The van der Waals surface area contributed by atoms with Crippen molar-refractivity contribution in [3.63, 3.8) is 0 Å². The molecule has 0 spiro atoms. The molecule has 1 N–H and O–H groups in total. The fraction of sp³-hybridized carbons (Fsp3) is 0.278. The van der Waals surface area contributed by atoms with E-state index in [-0.39, 0.29) is 11.9 Å². The highest BCUT2D eigenvalue weighted by atomic mass is 16.2. The van der Waals surface area contributed by atoms with Crippen molar-refractivity contribution >= 4 is 11.6 Å². The van der Waals surface area contributed by atoms with Gasteiger partial charge in [-0.25, -0.2) is 0 Å². The molecule has 1 amide bonds. The van der Waals surface area contributed by atoms with E-state index in [1.807, 2.05) is 80.4 Å². The molecule has 3 nitrogen and oxygen atoms in total. The second-order valence-corrected chi connectivity index (χ2v) is 5.34. The highest BCUT2D eigenvalue weighted by molar-refractivity contribution is 5.94. The maximum Gasteiger partial charge on any atom is 0.254 e. The van der Waals surface area contributed by atoms with Crippen molar-refractivity contribution < 1.29 is 4.79 Å². The van der Waals surface area contributed by atoms with Gasteiger partial charge < -0.3 is 10.2 Å². The van der Waals surface area contributed by atoms with Crippen molar-refractivity contribution in [1.82, 2.24) is 4.90 Å². The Morgan fingerprint density at radius 2 is 1.67 bits per heavy atom. The number of carbonyl (C=O) groups excluding carboxylic acids is 1. The van der Waals surface area contributed by atoms with Gasteiger partial charge in [0.05, 0.1) is 0 Å². The Hall–Kier alpha value is -2.29. The Morgan fingerprint density at radius 1 is 1.05 bits per heavy atom. The van der Waals surface area contributed by atoms with Crippen molar-refractivity contribution in [2.75, 3.05) is 12.4 Å². The summed E-state index contributed by atoms with van der Waals surface area (Å²) in [5.74, 6) is 0.0662. The molecule has 0 aliphatic rings. The van der Waals surface area contributed by atoms with E-state index < -0.39 is 0 Å². The van der Waals surface area contributed by atoms with Crippen molar-refractivity contribution in [2.24, 2.45) is 0 Å². The molecule has 0 aliphatic heterocycles. The van der Waals surface area contributed by atoms with Crippen LogP contribution in [0, 0.1) is 0 Å². The van der Waals surface area contributed by atoms with Gasteiger partial charge in [0.1, 0.15) is 0 Å². The lowest BCUT2D eigenvalue weighted by atomic mass is 10.1. The molecule has 0 bridgehead atoms. The molecule has 3 heteroatoms. The van der Waals surface area contributed by atoms with E-state index in [2.05, 4.69) is 5.32 Å². The normalized spacial score (nSPS) is 10.5. The van der Waals surface area contributed by atoms with Gasteiger partial charge in [0, 0.05) is 30.9 Å². The summed E-state index contributed by atoms with van der Waals surface area (Å²) >= 11 is 0. The molecule has 0 aliphatic carbocycles. The molecule has 0 heterocycles. The van der Waals surface area contributed by atoms with Gasteiger partial charge in [0.25, 0.3) is 5.91 Å². The number of amides is 1. The lowest BCUT2D eigenvalue weighted by molar-refractivity contribution is 0.0690. The van der Waals surface area contributed by atoms with Crippen molar-refractivity contribution in [1.29, 1.82) is 0 Å². The Kier molecular flexibility index (Phi) is 4.99. The molecule has 0 aromatic heterocycles. The van der Waals surface area contributed by atoms with Crippen LogP contribution in [0.25, 0.3) is 0 Å². The van der Waals surface area contributed by atoms with Crippen LogP contribution in [0.15, 0.2) is 54.6 Å². The summed E-state index contributed by atoms with van der Waals surface area (Å²) in [4.78, 5) is 14.6. The van der Waals surface area contributed by atoms with E-state index in [9.17, 15) is 4.79 Å². The number of anilines is 1. The topological polar surface area (TPSA) is 32.3 Å². The van der Waals surface area contributed by atoms with Gasteiger partial charge in [-0.3, -0.25) is 4.79 Å². The molecule has 0 fully saturated rings. The lowest BCUT2D eigenvalue weighted by Crippen LogP contribution is -2.36. The molecule has 0 saturated heterocycles. The number of carbonyl (C=O) groups is 1. The summed E-state index contributed by atoms with van der Waals surface area (Å²) in [6, 6.07) is 17.8. The van der Waals surface area contributed by atoms with E-state index in [1.54, 1.807) is 0 Å². The van der Waals surface area contributed by atoms with Crippen LogP contribution >= 0.6 is 0 Å². The number of benzene rings is 2. The molecule has 21 heavy (non-hydrogen) atoms. The lowest BCUT2D eigenvalue weighted by Gasteiger charge is -2.27. The second-order valence-electron chi connectivity index (χ2n) is 5.34. The first-order chi connectivity index (χ1) is 10.1. The summed E-state index contributed by atoms with van der Waals surface area (Å²) in [7, 11) is 1.87. The number of rotatable bonds is 5. The molecule has 0 atom stereocenters. The fourth-order valence-corrected chi connectivity index (χ4v) is 2.21. The summed E-state index contributed by atoms with van der Waals surface area (Å²) in [5, 5.41) is 3.06. The van der Waals surface area contributed by atoms with Crippen LogP contribution in [0.2, 0.25) is 0 Å². The average molecular weight is 282 g/mol. The standard InChI is InChI=1S/C18H22N2O/c1-14(2)20(13-15-7-5-4-6-8-15)18(21)16-9-11-17(19-3)12-10-16/h4-12,14,19H,13H2,1-3H3. The molecular formula is C18H22N2O. The first-order valence-electron chi connectivity index (χ1n) is 7.24. The molecule has 0 saturated carbocycles. The van der Waals surface area contributed by atoms with Gasteiger partial charge >= 0.3 is 0 Å². The quantitative estimate of drug-likeness (QED) is 0.905. The molecule has 2 aromatic rings. The van der Waals surface area contributed by atoms with Crippen LogP contribution in [0.1, 0.15) is 29.8 Å². The van der Waals surface area contributed by atoms with E-state index in [4.69, 9.17) is 0 Å². The minimum absolute atomic E-state index is 0.0662. The van der Waals surface area contributed by atoms with Gasteiger partial charge in [-0.1, -0.05) is 30.3 Å². The average Bonchev–Trinajstić information content (AvgIpc) is 2.53. The minimum atomic E-state index is 0.0662. The number of hydrogen-bond donors (Lipinski definition) is 1. The van der Waals surface area contributed by atoms with Crippen molar-refractivity contribution in [3.05, 3.63) is 65.7 Å². The van der Waals surface area contributed by atoms with Crippen LogP contribution < -0.4 is 5.32 Å². The van der Waals surface area contributed by atoms with E-state index in [1.165, 1.54) is 0 Å². The third-order valence-electron chi connectivity index (χ3n) is 3.50. The number of nitrogens with one attached hydrogen (secondary N) is 1. The van der Waals surface area contributed by atoms with Crippen molar-refractivity contribution in [2.45, 2.75) is 26.4 Å². The predicted molar refractivity (Wildman–Crippen MR) is 87.4 cm³/mol. The van der Waals surface area contributed by atoms with Crippen molar-refractivity contribution in [3.8, 4) is 0 Å². The van der Waals surface area contributed by atoms with Gasteiger partial charge in [-0.05, 0) is 43.7 Å². The Balaban J connectivity index is 2.18. The summed E-state index contributed by atoms with van der Waals surface area (Å²) in [6.07, 6.45) is 0. The molecule has 110 valence electrons. The SMILES string of the molecule is CNc1ccc(C(=O)N(Cc2ccccc2)C(C)C)cc1. The maximum atomic E-state index is 12.7. The fourth-order valence-electron chi connectivity index (χ4n) is 2.21. The molecule has 0 radical (unpaired) electrons. The zero-order valence-corrected chi connectivity index (χ0v) is 12.8. The van der Waals surface area contributed by atoms with Gasteiger partial charge in [-0.15, -0.1) is 0 Å². The van der Waals surface area contributed by atoms with Crippen LogP contribution in [0.4, 0.5) is 5.69 Å². The highest BCUT2D eigenvalue weighted by Crippen LogP contribution is 2.15. The number of hydrogen-bond acceptors (Lipinski definition) is 2. The van der Waals surface area contributed by atoms with Crippen LogP contribution in [0.5, 0.6) is 0 Å². The maximum absolute atomic E-state index is 12.7. The Labute approximate surface area is 126 Å². The molecule has 2 rings (SSSR count). The zero-order valence-electron chi connectivity index (χ0n) is 12.8. The molecular weight excluding hydrogens is 260 g/mol. The predicted octanol–water partition coefficient (Wildman–Crippen LogP) is 3.78. The highest BCUT2D eigenvalue weighted by Gasteiger charge is 2.18. The number of nitrogens with zero attached hydrogens (tertiary/aromatic N) is 1. The van der Waals surface area contributed by atoms with Gasteiger partial charge in [-0.2, -0.15) is 0 Å². The van der Waals surface area contributed by atoms with Crippen LogP contribution in [-0.2, 0) is 6.54 Å². The van der Waals surface area contributed by atoms with E-state index in [0.717, 1.165) is 16.8 Å². The summed E-state index contributed by atoms with van der Waals surface area (Å²) < 4.78 is 0. The summed E-state index contributed by atoms with van der Waals surface area (Å²) in [6.45, 7) is 4.72. The smallest absolute Gasteiger partial charge is 0.254 e. The third kappa shape index (κ3) is 3.85.